The molecule has 0 spiro atoms. The van der Waals surface area contributed by atoms with Crippen LogP contribution in [0, 0.1) is 12.8 Å². The Labute approximate surface area is 137 Å². The highest BCUT2D eigenvalue weighted by atomic mass is 35.5. The molecule has 1 heterocycles. The molecule has 0 saturated carbocycles. The predicted octanol–water partition coefficient (Wildman–Crippen LogP) is 3.71. The van der Waals surface area contributed by atoms with E-state index in [1.807, 2.05) is 52.0 Å². The standard InChI is InChI=1S/C17H24N2O2.ClH/c1-5-10(2)15(18)17(20)19-12(4)16-11(3)13-8-6-7-9-14(13)21-16;/h6-10,12,15H,5,18H2,1-4H3,(H,19,20);1H. The normalized spacial score (nSPS) is 15.0. The summed E-state index contributed by atoms with van der Waals surface area (Å²) in [5.41, 5.74) is 7.88. The van der Waals surface area contributed by atoms with Gasteiger partial charge in [0.2, 0.25) is 5.91 Å². The van der Waals surface area contributed by atoms with Crippen LogP contribution < -0.4 is 11.1 Å². The Kier molecular flexibility index (Phi) is 6.45. The van der Waals surface area contributed by atoms with Gasteiger partial charge in [-0.1, -0.05) is 38.5 Å². The smallest absolute Gasteiger partial charge is 0.237 e. The first kappa shape index (κ1) is 18.5. The maximum atomic E-state index is 12.2. The van der Waals surface area contributed by atoms with E-state index in [9.17, 15) is 4.79 Å². The van der Waals surface area contributed by atoms with Gasteiger partial charge in [-0.3, -0.25) is 4.79 Å². The van der Waals surface area contributed by atoms with Gasteiger partial charge in [0.05, 0.1) is 12.1 Å². The van der Waals surface area contributed by atoms with Gasteiger partial charge >= 0.3 is 0 Å². The summed E-state index contributed by atoms with van der Waals surface area (Å²) in [6.07, 6.45) is 0.882. The van der Waals surface area contributed by atoms with E-state index in [0.29, 0.717) is 0 Å². The molecule has 4 nitrogen and oxygen atoms in total. The molecule has 0 aliphatic heterocycles. The number of benzene rings is 1. The fourth-order valence-corrected chi connectivity index (χ4v) is 2.49. The molecule has 22 heavy (non-hydrogen) atoms. The maximum Gasteiger partial charge on any atom is 0.237 e. The van der Waals surface area contributed by atoms with Gasteiger partial charge < -0.3 is 15.5 Å². The lowest BCUT2D eigenvalue weighted by atomic mass is 9.99. The Hall–Kier alpha value is -1.52. The number of carbonyl (C=O) groups is 1. The van der Waals surface area contributed by atoms with E-state index in [0.717, 1.165) is 28.7 Å². The molecule has 122 valence electrons. The first-order valence-corrected chi connectivity index (χ1v) is 7.49. The van der Waals surface area contributed by atoms with Crippen LogP contribution in [0.4, 0.5) is 0 Å². The Balaban J connectivity index is 0.00000242. The van der Waals surface area contributed by atoms with Gasteiger partial charge in [0.1, 0.15) is 11.3 Å². The predicted molar refractivity (Wildman–Crippen MR) is 92.2 cm³/mol. The van der Waals surface area contributed by atoms with E-state index in [1.54, 1.807) is 0 Å². The van der Waals surface area contributed by atoms with Crippen molar-refractivity contribution in [3.05, 3.63) is 35.6 Å². The van der Waals surface area contributed by atoms with E-state index in [1.165, 1.54) is 0 Å². The monoisotopic (exact) mass is 324 g/mol. The molecular formula is C17H25ClN2O2. The van der Waals surface area contributed by atoms with Crippen molar-refractivity contribution in [2.75, 3.05) is 0 Å². The Morgan fingerprint density at radius 3 is 2.55 bits per heavy atom. The second kappa shape index (κ2) is 7.65. The first-order chi connectivity index (χ1) is 9.95. The zero-order chi connectivity index (χ0) is 15.6. The number of nitrogens with one attached hydrogen (secondary N) is 1. The van der Waals surface area contributed by atoms with Crippen molar-refractivity contribution in [2.45, 2.75) is 46.2 Å². The molecule has 0 bridgehead atoms. The number of rotatable bonds is 5. The van der Waals surface area contributed by atoms with Gasteiger partial charge in [-0.2, -0.15) is 0 Å². The Morgan fingerprint density at radius 1 is 1.32 bits per heavy atom. The molecule has 1 aromatic heterocycles. The molecule has 0 fully saturated rings. The van der Waals surface area contributed by atoms with Crippen LogP contribution in [0.25, 0.3) is 11.0 Å². The molecule has 0 aliphatic carbocycles. The maximum absolute atomic E-state index is 12.2. The van der Waals surface area contributed by atoms with Crippen LogP contribution in [0.5, 0.6) is 0 Å². The molecule has 3 N–H and O–H groups in total. The number of hydrogen-bond donors (Lipinski definition) is 2. The summed E-state index contributed by atoms with van der Waals surface area (Å²) in [6.45, 7) is 7.95. The van der Waals surface area contributed by atoms with Crippen LogP contribution in [0.2, 0.25) is 0 Å². The van der Waals surface area contributed by atoms with Gasteiger partial charge in [0, 0.05) is 10.9 Å². The van der Waals surface area contributed by atoms with Gasteiger partial charge in [0.25, 0.3) is 0 Å². The molecule has 2 rings (SSSR count). The minimum absolute atomic E-state index is 0. The third-order valence-corrected chi connectivity index (χ3v) is 4.19. The number of carbonyl (C=O) groups excluding carboxylic acids is 1. The van der Waals surface area contributed by atoms with Gasteiger partial charge in [-0.25, -0.2) is 0 Å². The average molecular weight is 325 g/mol. The number of aryl methyl sites for hydroxylation is 1. The average Bonchev–Trinajstić information content (AvgIpc) is 2.83. The third kappa shape index (κ3) is 3.62. The van der Waals surface area contributed by atoms with Gasteiger partial charge in [-0.05, 0) is 25.8 Å². The number of hydrogen-bond acceptors (Lipinski definition) is 3. The molecule has 2 aromatic rings. The first-order valence-electron chi connectivity index (χ1n) is 7.49. The highest BCUT2D eigenvalue weighted by Gasteiger charge is 2.23. The van der Waals surface area contributed by atoms with E-state index in [-0.39, 0.29) is 30.3 Å². The lowest BCUT2D eigenvalue weighted by molar-refractivity contribution is -0.124. The third-order valence-electron chi connectivity index (χ3n) is 4.19. The molecule has 0 aliphatic rings. The van der Waals surface area contributed by atoms with Gasteiger partial charge in [-0.15, -0.1) is 12.4 Å². The lowest BCUT2D eigenvalue weighted by Gasteiger charge is -2.20. The minimum atomic E-state index is -0.484. The summed E-state index contributed by atoms with van der Waals surface area (Å²) < 4.78 is 5.87. The fourth-order valence-electron chi connectivity index (χ4n) is 2.49. The van der Waals surface area contributed by atoms with Crippen LogP contribution in [0.3, 0.4) is 0 Å². The number of para-hydroxylation sites is 1. The minimum Gasteiger partial charge on any atom is -0.459 e. The fraction of sp³-hybridized carbons (Fsp3) is 0.471. The number of furan rings is 1. The van der Waals surface area contributed by atoms with Crippen LogP contribution in [0.1, 0.15) is 44.6 Å². The van der Waals surface area contributed by atoms with E-state index in [4.69, 9.17) is 10.2 Å². The van der Waals surface area contributed by atoms with Crippen molar-refractivity contribution in [2.24, 2.45) is 11.7 Å². The summed E-state index contributed by atoms with van der Waals surface area (Å²) in [5.74, 6) is 0.826. The van der Waals surface area contributed by atoms with Crippen LogP contribution in [0.15, 0.2) is 28.7 Å². The molecule has 0 radical (unpaired) electrons. The van der Waals surface area contributed by atoms with E-state index < -0.39 is 6.04 Å². The Bertz CT molecular complexity index is 639. The molecule has 5 heteroatoms. The highest BCUT2D eigenvalue weighted by molar-refractivity contribution is 5.85. The highest BCUT2D eigenvalue weighted by Crippen LogP contribution is 2.29. The van der Waals surface area contributed by atoms with Crippen LogP contribution >= 0.6 is 12.4 Å². The zero-order valence-corrected chi connectivity index (χ0v) is 14.4. The lowest BCUT2D eigenvalue weighted by Crippen LogP contribution is -2.45. The van der Waals surface area contributed by atoms with Crippen molar-refractivity contribution in [1.82, 2.24) is 5.32 Å². The topological polar surface area (TPSA) is 68.3 Å². The number of fused-ring (bicyclic) bond motifs is 1. The number of halogens is 1. The van der Waals surface area contributed by atoms with Crippen LogP contribution in [-0.4, -0.2) is 11.9 Å². The van der Waals surface area contributed by atoms with Crippen LogP contribution in [-0.2, 0) is 4.79 Å². The summed E-state index contributed by atoms with van der Waals surface area (Å²) in [5, 5.41) is 4.04. The van der Waals surface area contributed by atoms with Crippen molar-refractivity contribution in [3.63, 3.8) is 0 Å². The largest absolute Gasteiger partial charge is 0.459 e. The van der Waals surface area contributed by atoms with E-state index in [2.05, 4.69) is 5.32 Å². The SMILES string of the molecule is CCC(C)C(N)C(=O)NC(C)c1oc2ccccc2c1C.Cl. The van der Waals surface area contributed by atoms with Gasteiger partial charge in [0.15, 0.2) is 0 Å². The molecule has 3 unspecified atom stereocenters. The summed E-state index contributed by atoms with van der Waals surface area (Å²) >= 11 is 0. The zero-order valence-electron chi connectivity index (χ0n) is 13.6. The second-order valence-electron chi connectivity index (χ2n) is 5.73. The summed E-state index contributed by atoms with van der Waals surface area (Å²) in [6, 6.07) is 7.21. The van der Waals surface area contributed by atoms with Crippen molar-refractivity contribution >= 4 is 29.3 Å². The number of nitrogens with two attached hydrogens (primary N) is 1. The number of amides is 1. The molecule has 3 atom stereocenters. The molecular weight excluding hydrogens is 300 g/mol. The molecule has 1 aromatic carbocycles. The molecule has 0 saturated heterocycles. The van der Waals surface area contributed by atoms with Crippen molar-refractivity contribution in [3.8, 4) is 0 Å². The summed E-state index contributed by atoms with van der Waals surface area (Å²) in [4.78, 5) is 12.2. The van der Waals surface area contributed by atoms with E-state index >= 15 is 0 Å². The quantitative estimate of drug-likeness (QED) is 0.880. The van der Waals surface area contributed by atoms with Crippen molar-refractivity contribution < 1.29 is 9.21 Å². The summed E-state index contributed by atoms with van der Waals surface area (Å²) in [7, 11) is 0. The second-order valence-corrected chi connectivity index (χ2v) is 5.73. The Morgan fingerprint density at radius 2 is 1.95 bits per heavy atom. The van der Waals surface area contributed by atoms with Crippen molar-refractivity contribution in [1.29, 1.82) is 0 Å². The molecule has 1 amide bonds.